The van der Waals surface area contributed by atoms with Gasteiger partial charge in [-0.2, -0.15) is 0 Å². The fourth-order valence-corrected chi connectivity index (χ4v) is 2.77. The van der Waals surface area contributed by atoms with E-state index in [1.807, 2.05) is 24.3 Å². The molecule has 1 aromatic rings. The molecular weight excluding hydrogens is 266 g/mol. The Bertz CT molecular complexity index is 478. The Morgan fingerprint density at radius 1 is 1.43 bits per heavy atom. The molecule has 0 bridgehead atoms. The monoisotopic (exact) mass is 291 g/mol. The summed E-state index contributed by atoms with van der Waals surface area (Å²) in [6, 6.07) is 8.30. The number of likely N-dealkylation sites (tertiary alicyclic amines) is 1. The van der Waals surface area contributed by atoms with E-state index in [0.717, 1.165) is 37.2 Å². The van der Waals surface area contributed by atoms with Crippen LogP contribution in [0.15, 0.2) is 24.3 Å². The van der Waals surface area contributed by atoms with E-state index in [1.165, 1.54) is 0 Å². The first kappa shape index (κ1) is 15.8. The third-order valence-corrected chi connectivity index (χ3v) is 4.19. The van der Waals surface area contributed by atoms with Crippen molar-refractivity contribution in [1.82, 2.24) is 4.90 Å². The second-order valence-electron chi connectivity index (χ2n) is 5.72. The highest BCUT2D eigenvalue weighted by Gasteiger charge is 2.28. The van der Waals surface area contributed by atoms with Crippen LogP contribution in [0.4, 0.5) is 0 Å². The summed E-state index contributed by atoms with van der Waals surface area (Å²) in [5, 5.41) is 0. The minimum atomic E-state index is -0.191. The van der Waals surface area contributed by atoms with E-state index in [2.05, 4.69) is 11.8 Å². The smallest absolute Gasteiger partial charge is 0.221 e. The van der Waals surface area contributed by atoms with Gasteiger partial charge in [0.15, 0.2) is 0 Å². The SMILES string of the molecule is CC1CCC(C(N)=O)CN1CCOc1cccc(CN)c1. The molecule has 5 heteroatoms. The lowest BCUT2D eigenvalue weighted by Gasteiger charge is -2.36. The van der Waals surface area contributed by atoms with Crippen LogP contribution in [0.25, 0.3) is 0 Å². The van der Waals surface area contributed by atoms with Gasteiger partial charge in [-0.05, 0) is 37.5 Å². The number of carbonyl (C=O) groups excluding carboxylic acids is 1. The van der Waals surface area contributed by atoms with E-state index >= 15 is 0 Å². The highest BCUT2D eigenvalue weighted by molar-refractivity contribution is 5.76. The van der Waals surface area contributed by atoms with Crippen LogP contribution in [0.3, 0.4) is 0 Å². The summed E-state index contributed by atoms with van der Waals surface area (Å²) in [6.07, 6.45) is 1.91. The molecule has 1 amide bonds. The molecule has 0 spiro atoms. The van der Waals surface area contributed by atoms with Crippen LogP contribution in [0.5, 0.6) is 5.75 Å². The van der Waals surface area contributed by atoms with E-state index in [0.29, 0.717) is 19.2 Å². The fraction of sp³-hybridized carbons (Fsp3) is 0.562. The van der Waals surface area contributed by atoms with Gasteiger partial charge in [0.05, 0.1) is 5.92 Å². The molecule has 4 N–H and O–H groups in total. The van der Waals surface area contributed by atoms with Gasteiger partial charge in [-0.3, -0.25) is 9.69 Å². The third-order valence-electron chi connectivity index (χ3n) is 4.19. The zero-order valence-electron chi connectivity index (χ0n) is 12.6. The van der Waals surface area contributed by atoms with E-state index in [1.54, 1.807) is 0 Å². The van der Waals surface area contributed by atoms with Crippen molar-refractivity contribution in [3.8, 4) is 5.75 Å². The topological polar surface area (TPSA) is 81.6 Å². The molecule has 0 radical (unpaired) electrons. The summed E-state index contributed by atoms with van der Waals surface area (Å²) < 4.78 is 5.78. The maximum absolute atomic E-state index is 11.3. The van der Waals surface area contributed by atoms with Gasteiger partial charge in [0.2, 0.25) is 5.91 Å². The van der Waals surface area contributed by atoms with E-state index in [4.69, 9.17) is 16.2 Å². The summed E-state index contributed by atoms with van der Waals surface area (Å²) in [5.41, 5.74) is 12.1. The lowest BCUT2D eigenvalue weighted by atomic mass is 9.93. The third kappa shape index (κ3) is 4.44. The number of hydrogen-bond donors (Lipinski definition) is 2. The summed E-state index contributed by atoms with van der Waals surface area (Å²) in [5.74, 6) is 0.624. The normalized spacial score (nSPS) is 23.0. The highest BCUT2D eigenvalue weighted by Crippen LogP contribution is 2.21. The van der Waals surface area contributed by atoms with Crippen molar-refractivity contribution < 1.29 is 9.53 Å². The summed E-state index contributed by atoms with van der Waals surface area (Å²) >= 11 is 0. The van der Waals surface area contributed by atoms with Crippen molar-refractivity contribution in [1.29, 1.82) is 0 Å². The van der Waals surface area contributed by atoms with Gasteiger partial charge in [0.1, 0.15) is 12.4 Å². The van der Waals surface area contributed by atoms with Gasteiger partial charge in [0, 0.05) is 25.7 Å². The first-order chi connectivity index (χ1) is 10.1. The number of carbonyl (C=O) groups is 1. The molecular formula is C16H25N3O2. The lowest BCUT2D eigenvalue weighted by Crippen LogP contribution is -2.47. The first-order valence-electron chi connectivity index (χ1n) is 7.55. The van der Waals surface area contributed by atoms with Crippen LogP contribution in [-0.2, 0) is 11.3 Å². The van der Waals surface area contributed by atoms with Crippen molar-refractivity contribution >= 4 is 5.91 Å². The number of rotatable bonds is 6. The van der Waals surface area contributed by atoms with Crippen molar-refractivity contribution in [3.05, 3.63) is 29.8 Å². The molecule has 0 saturated carbocycles. The summed E-state index contributed by atoms with van der Waals surface area (Å²) in [4.78, 5) is 13.6. The molecule has 2 rings (SSSR count). The van der Waals surface area contributed by atoms with Crippen LogP contribution < -0.4 is 16.2 Å². The molecule has 2 unspecified atom stereocenters. The molecule has 116 valence electrons. The predicted octanol–water partition coefficient (Wildman–Crippen LogP) is 1.11. The molecule has 1 saturated heterocycles. The van der Waals surface area contributed by atoms with Gasteiger partial charge in [-0.15, -0.1) is 0 Å². The maximum atomic E-state index is 11.3. The van der Waals surface area contributed by atoms with E-state index in [9.17, 15) is 4.79 Å². The van der Waals surface area contributed by atoms with Gasteiger partial charge in [0.25, 0.3) is 0 Å². The number of nitrogens with two attached hydrogens (primary N) is 2. The van der Waals surface area contributed by atoms with E-state index < -0.39 is 0 Å². The predicted molar refractivity (Wildman–Crippen MR) is 82.8 cm³/mol. The molecule has 5 nitrogen and oxygen atoms in total. The number of piperidine rings is 1. The minimum absolute atomic E-state index is 0.0261. The largest absolute Gasteiger partial charge is 0.492 e. The standard InChI is InChI=1S/C16H25N3O2/c1-12-5-6-14(16(18)20)11-19(12)7-8-21-15-4-2-3-13(9-15)10-17/h2-4,9,12,14H,5-8,10-11,17H2,1H3,(H2,18,20). The Hall–Kier alpha value is -1.59. The molecule has 1 fully saturated rings. The Morgan fingerprint density at radius 2 is 2.24 bits per heavy atom. The Kier molecular flexibility index (Phi) is 5.59. The summed E-state index contributed by atoms with van der Waals surface area (Å²) in [6.45, 7) is 4.84. The molecule has 1 aliphatic heterocycles. The van der Waals surface area contributed by atoms with Crippen molar-refractivity contribution in [3.63, 3.8) is 0 Å². The molecule has 2 atom stereocenters. The zero-order valence-corrected chi connectivity index (χ0v) is 12.6. The van der Waals surface area contributed by atoms with Gasteiger partial charge in [-0.25, -0.2) is 0 Å². The first-order valence-corrected chi connectivity index (χ1v) is 7.55. The number of nitrogens with zero attached hydrogens (tertiary/aromatic N) is 1. The van der Waals surface area contributed by atoms with E-state index in [-0.39, 0.29) is 11.8 Å². The zero-order chi connectivity index (χ0) is 15.2. The van der Waals surface area contributed by atoms with Crippen LogP contribution in [0.2, 0.25) is 0 Å². The average molecular weight is 291 g/mol. The lowest BCUT2D eigenvalue weighted by molar-refractivity contribution is -0.124. The molecule has 1 aliphatic rings. The minimum Gasteiger partial charge on any atom is -0.492 e. The van der Waals surface area contributed by atoms with Crippen molar-refractivity contribution in [2.24, 2.45) is 17.4 Å². The molecule has 0 aromatic heterocycles. The van der Waals surface area contributed by atoms with Crippen LogP contribution in [-0.4, -0.2) is 36.5 Å². The Morgan fingerprint density at radius 3 is 2.95 bits per heavy atom. The Labute approximate surface area is 126 Å². The molecule has 21 heavy (non-hydrogen) atoms. The second-order valence-corrected chi connectivity index (χ2v) is 5.72. The second kappa shape index (κ2) is 7.43. The van der Waals surface area contributed by atoms with Gasteiger partial charge < -0.3 is 16.2 Å². The fourth-order valence-electron chi connectivity index (χ4n) is 2.77. The van der Waals surface area contributed by atoms with Crippen LogP contribution >= 0.6 is 0 Å². The molecule has 1 aromatic carbocycles. The quantitative estimate of drug-likeness (QED) is 0.822. The van der Waals surface area contributed by atoms with Crippen LogP contribution in [0, 0.1) is 5.92 Å². The van der Waals surface area contributed by atoms with Crippen molar-refractivity contribution in [2.75, 3.05) is 19.7 Å². The highest BCUT2D eigenvalue weighted by atomic mass is 16.5. The van der Waals surface area contributed by atoms with Gasteiger partial charge in [-0.1, -0.05) is 12.1 Å². The van der Waals surface area contributed by atoms with Crippen LogP contribution in [0.1, 0.15) is 25.3 Å². The molecule has 0 aliphatic carbocycles. The van der Waals surface area contributed by atoms with Gasteiger partial charge >= 0.3 is 0 Å². The number of benzene rings is 1. The van der Waals surface area contributed by atoms with Crippen molar-refractivity contribution in [2.45, 2.75) is 32.4 Å². The molecule has 1 heterocycles. The Balaban J connectivity index is 1.82. The number of primary amides is 1. The average Bonchev–Trinajstić information content (AvgIpc) is 2.49. The number of hydrogen-bond acceptors (Lipinski definition) is 4. The maximum Gasteiger partial charge on any atom is 0.221 e. The number of amides is 1. The number of ether oxygens (including phenoxy) is 1. The summed E-state index contributed by atoms with van der Waals surface area (Å²) in [7, 11) is 0.